The SMILES string of the molecule is CN1C(=O)C(N)(c2ccc3occc3c2)c2ccccc21. The number of anilines is 1. The van der Waals surface area contributed by atoms with Gasteiger partial charge >= 0.3 is 0 Å². The number of carbonyl (C=O) groups excluding carboxylic acids is 1. The number of hydrogen-bond acceptors (Lipinski definition) is 3. The van der Waals surface area contributed by atoms with E-state index in [1.807, 2.05) is 48.5 Å². The molecule has 0 radical (unpaired) electrons. The Balaban J connectivity index is 1.99. The van der Waals surface area contributed by atoms with Crippen LogP contribution in [0.2, 0.25) is 0 Å². The zero-order valence-electron chi connectivity index (χ0n) is 11.5. The molecule has 0 bridgehead atoms. The molecule has 0 spiro atoms. The molecule has 104 valence electrons. The number of likely N-dealkylation sites (N-methyl/N-ethyl adjacent to an activating group) is 1. The smallest absolute Gasteiger partial charge is 0.256 e. The molecule has 3 aromatic rings. The number of furan rings is 1. The fourth-order valence-electron chi connectivity index (χ4n) is 3.08. The van der Waals surface area contributed by atoms with Gasteiger partial charge in [-0.05, 0) is 29.8 Å². The van der Waals surface area contributed by atoms with Crippen LogP contribution >= 0.6 is 0 Å². The first kappa shape index (κ1) is 12.2. The van der Waals surface area contributed by atoms with Gasteiger partial charge < -0.3 is 15.1 Å². The van der Waals surface area contributed by atoms with E-state index in [1.54, 1.807) is 18.2 Å². The van der Waals surface area contributed by atoms with Gasteiger partial charge in [0, 0.05) is 23.7 Å². The van der Waals surface area contributed by atoms with E-state index in [2.05, 4.69) is 0 Å². The number of amides is 1. The van der Waals surface area contributed by atoms with E-state index < -0.39 is 5.54 Å². The Morgan fingerprint density at radius 1 is 1.14 bits per heavy atom. The lowest BCUT2D eigenvalue weighted by molar-refractivity contribution is -0.121. The van der Waals surface area contributed by atoms with Crippen molar-refractivity contribution in [1.82, 2.24) is 0 Å². The first-order valence-corrected chi connectivity index (χ1v) is 6.76. The van der Waals surface area contributed by atoms with Crippen LogP contribution in [0, 0.1) is 0 Å². The lowest BCUT2D eigenvalue weighted by atomic mass is 9.84. The molecule has 0 aliphatic carbocycles. The molecule has 1 amide bonds. The molecule has 2 heterocycles. The quantitative estimate of drug-likeness (QED) is 0.744. The molecule has 1 aliphatic heterocycles. The topological polar surface area (TPSA) is 59.5 Å². The number of rotatable bonds is 1. The molecular formula is C17H14N2O2. The predicted octanol–water partition coefficient (Wildman–Crippen LogP) is 2.61. The minimum atomic E-state index is -1.14. The van der Waals surface area contributed by atoms with Gasteiger partial charge in [0.05, 0.1) is 6.26 Å². The number of para-hydroxylation sites is 1. The molecule has 0 fully saturated rings. The van der Waals surface area contributed by atoms with Gasteiger partial charge in [-0.1, -0.05) is 24.3 Å². The Morgan fingerprint density at radius 2 is 1.95 bits per heavy atom. The van der Waals surface area contributed by atoms with Gasteiger partial charge in [-0.15, -0.1) is 0 Å². The highest BCUT2D eigenvalue weighted by atomic mass is 16.3. The summed E-state index contributed by atoms with van der Waals surface area (Å²) in [5.74, 6) is -0.119. The molecule has 2 aromatic carbocycles. The minimum Gasteiger partial charge on any atom is -0.464 e. The van der Waals surface area contributed by atoms with E-state index in [0.717, 1.165) is 27.8 Å². The number of nitrogens with zero attached hydrogens (tertiary/aromatic N) is 1. The second-order valence-electron chi connectivity index (χ2n) is 5.36. The van der Waals surface area contributed by atoms with Crippen molar-refractivity contribution in [3.8, 4) is 0 Å². The molecule has 2 N–H and O–H groups in total. The average Bonchev–Trinajstić information content (AvgIpc) is 3.06. The zero-order chi connectivity index (χ0) is 14.6. The molecule has 4 rings (SSSR count). The van der Waals surface area contributed by atoms with Crippen molar-refractivity contribution in [2.45, 2.75) is 5.54 Å². The van der Waals surface area contributed by atoms with Crippen LogP contribution in [0.4, 0.5) is 5.69 Å². The van der Waals surface area contributed by atoms with Crippen molar-refractivity contribution in [1.29, 1.82) is 0 Å². The third-order valence-corrected chi connectivity index (χ3v) is 4.24. The molecule has 4 heteroatoms. The second kappa shape index (κ2) is 3.96. The van der Waals surface area contributed by atoms with E-state index in [9.17, 15) is 4.79 Å². The maximum atomic E-state index is 12.7. The fraction of sp³-hybridized carbons (Fsp3) is 0.118. The average molecular weight is 278 g/mol. The van der Waals surface area contributed by atoms with E-state index in [1.165, 1.54) is 0 Å². The molecule has 1 unspecified atom stereocenters. The van der Waals surface area contributed by atoms with Gasteiger partial charge in [0.25, 0.3) is 5.91 Å². The zero-order valence-corrected chi connectivity index (χ0v) is 11.5. The lowest BCUT2D eigenvalue weighted by Gasteiger charge is -2.23. The van der Waals surface area contributed by atoms with Crippen molar-refractivity contribution in [2.24, 2.45) is 5.73 Å². The van der Waals surface area contributed by atoms with Crippen molar-refractivity contribution < 1.29 is 9.21 Å². The van der Waals surface area contributed by atoms with Gasteiger partial charge in [-0.25, -0.2) is 0 Å². The van der Waals surface area contributed by atoms with E-state index in [-0.39, 0.29) is 5.91 Å². The third-order valence-electron chi connectivity index (χ3n) is 4.24. The summed E-state index contributed by atoms with van der Waals surface area (Å²) in [5.41, 5.74) is 8.68. The molecular weight excluding hydrogens is 264 g/mol. The Kier molecular flexibility index (Phi) is 2.30. The maximum absolute atomic E-state index is 12.7. The van der Waals surface area contributed by atoms with Crippen molar-refractivity contribution >= 4 is 22.6 Å². The van der Waals surface area contributed by atoms with Gasteiger partial charge in [-0.2, -0.15) is 0 Å². The van der Waals surface area contributed by atoms with Gasteiger partial charge in [0.1, 0.15) is 11.1 Å². The number of carbonyl (C=O) groups is 1. The van der Waals surface area contributed by atoms with Crippen molar-refractivity contribution in [3.63, 3.8) is 0 Å². The molecule has 1 aromatic heterocycles. The van der Waals surface area contributed by atoms with Crippen LogP contribution in [-0.4, -0.2) is 13.0 Å². The first-order chi connectivity index (χ1) is 10.1. The lowest BCUT2D eigenvalue weighted by Crippen LogP contribution is -2.47. The summed E-state index contributed by atoms with van der Waals surface area (Å²) in [5, 5.41) is 0.942. The van der Waals surface area contributed by atoms with Crippen LogP contribution in [0.15, 0.2) is 59.2 Å². The maximum Gasteiger partial charge on any atom is 0.256 e. The summed E-state index contributed by atoms with van der Waals surface area (Å²) >= 11 is 0. The molecule has 0 saturated heterocycles. The summed E-state index contributed by atoms with van der Waals surface area (Å²) in [6.07, 6.45) is 1.63. The van der Waals surface area contributed by atoms with Crippen LogP contribution in [0.3, 0.4) is 0 Å². The van der Waals surface area contributed by atoms with Crippen molar-refractivity contribution in [2.75, 3.05) is 11.9 Å². The van der Waals surface area contributed by atoms with Gasteiger partial charge in [-0.3, -0.25) is 4.79 Å². The molecule has 1 atom stereocenters. The standard InChI is InChI=1S/C17H14N2O2/c1-19-14-5-3-2-4-13(14)17(18,16(19)20)12-6-7-15-11(10-12)8-9-21-15/h2-10H,18H2,1H3. The highest BCUT2D eigenvalue weighted by molar-refractivity contribution is 6.09. The van der Waals surface area contributed by atoms with Crippen LogP contribution in [0.25, 0.3) is 11.0 Å². The van der Waals surface area contributed by atoms with Crippen LogP contribution < -0.4 is 10.6 Å². The summed E-state index contributed by atoms with van der Waals surface area (Å²) in [6, 6.07) is 15.2. The number of nitrogens with two attached hydrogens (primary N) is 1. The first-order valence-electron chi connectivity index (χ1n) is 6.76. The number of benzene rings is 2. The monoisotopic (exact) mass is 278 g/mol. The molecule has 4 nitrogen and oxygen atoms in total. The van der Waals surface area contributed by atoms with Crippen LogP contribution in [0.1, 0.15) is 11.1 Å². The van der Waals surface area contributed by atoms with E-state index in [4.69, 9.17) is 10.2 Å². The highest BCUT2D eigenvalue weighted by Gasteiger charge is 2.48. The summed E-state index contributed by atoms with van der Waals surface area (Å²) in [6.45, 7) is 0. The van der Waals surface area contributed by atoms with Crippen LogP contribution in [-0.2, 0) is 10.3 Å². The summed E-state index contributed by atoms with van der Waals surface area (Å²) in [4.78, 5) is 14.4. The summed E-state index contributed by atoms with van der Waals surface area (Å²) in [7, 11) is 1.76. The fourth-order valence-corrected chi connectivity index (χ4v) is 3.08. The number of hydrogen-bond donors (Lipinski definition) is 1. The van der Waals surface area contributed by atoms with E-state index in [0.29, 0.717) is 0 Å². The molecule has 21 heavy (non-hydrogen) atoms. The highest BCUT2D eigenvalue weighted by Crippen LogP contribution is 2.42. The Morgan fingerprint density at radius 3 is 2.81 bits per heavy atom. The predicted molar refractivity (Wildman–Crippen MR) is 81.0 cm³/mol. The Hall–Kier alpha value is -2.59. The van der Waals surface area contributed by atoms with Gasteiger partial charge in [0.15, 0.2) is 0 Å². The largest absolute Gasteiger partial charge is 0.464 e. The normalized spacial score (nSPS) is 21.0. The Labute approximate surface area is 121 Å². The third kappa shape index (κ3) is 1.45. The minimum absolute atomic E-state index is 0.119. The molecule has 1 aliphatic rings. The van der Waals surface area contributed by atoms with Crippen LogP contribution in [0.5, 0.6) is 0 Å². The number of fused-ring (bicyclic) bond motifs is 2. The van der Waals surface area contributed by atoms with Gasteiger partial charge in [0.2, 0.25) is 0 Å². The van der Waals surface area contributed by atoms with E-state index >= 15 is 0 Å². The Bertz CT molecular complexity index is 868. The summed E-state index contributed by atoms with van der Waals surface area (Å²) < 4.78 is 5.35. The molecule has 0 saturated carbocycles. The second-order valence-corrected chi connectivity index (χ2v) is 5.36. The van der Waals surface area contributed by atoms with Crippen molar-refractivity contribution in [3.05, 3.63) is 65.9 Å².